The summed E-state index contributed by atoms with van der Waals surface area (Å²) in [5.74, 6) is -0.625. The maximum Gasteiger partial charge on any atom is 0.310 e. The molecule has 0 aliphatic carbocycles. The molecule has 0 saturated carbocycles. The zero-order chi connectivity index (χ0) is 15.2. The van der Waals surface area contributed by atoms with Gasteiger partial charge in [0.15, 0.2) is 0 Å². The van der Waals surface area contributed by atoms with Crippen LogP contribution in [-0.4, -0.2) is 37.9 Å². The van der Waals surface area contributed by atoms with Crippen molar-refractivity contribution >= 4 is 16.0 Å². The number of methoxy groups -OCH3 is 1. The molecule has 0 amide bonds. The Hall–Kier alpha value is -1.40. The Morgan fingerprint density at radius 1 is 1.24 bits per heavy atom. The largest absolute Gasteiger partial charge is 0.469 e. The fraction of sp³-hybridized carbons (Fsp3) is 0.533. The summed E-state index contributed by atoms with van der Waals surface area (Å²) in [6.07, 6.45) is 2.13. The van der Waals surface area contributed by atoms with Gasteiger partial charge in [0.05, 0.1) is 17.9 Å². The van der Waals surface area contributed by atoms with E-state index in [0.717, 1.165) is 18.4 Å². The minimum absolute atomic E-state index is 0.0783. The predicted octanol–water partition coefficient (Wildman–Crippen LogP) is 1.71. The molecule has 3 atom stereocenters. The fourth-order valence-corrected chi connectivity index (χ4v) is 5.47. The first-order valence-corrected chi connectivity index (χ1v) is 8.57. The Morgan fingerprint density at radius 3 is 2.52 bits per heavy atom. The molecule has 21 heavy (non-hydrogen) atoms. The Labute approximate surface area is 124 Å². The minimum Gasteiger partial charge on any atom is -0.469 e. The Morgan fingerprint density at radius 2 is 1.90 bits per heavy atom. The van der Waals surface area contributed by atoms with Gasteiger partial charge in [-0.1, -0.05) is 17.7 Å². The summed E-state index contributed by atoms with van der Waals surface area (Å²) in [4.78, 5) is 12.1. The first kappa shape index (κ1) is 14.5. The van der Waals surface area contributed by atoms with Gasteiger partial charge in [0.1, 0.15) is 0 Å². The van der Waals surface area contributed by atoms with Crippen LogP contribution in [0.3, 0.4) is 0 Å². The number of sulfonamides is 1. The van der Waals surface area contributed by atoms with E-state index in [-0.39, 0.29) is 24.0 Å². The first-order chi connectivity index (χ1) is 9.95. The number of rotatable bonds is 3. The molecular formula is C15H19NO4S. The fourth-order valence-electron chi connectivity index (χ4n) is 3.55. The van der Waals surface area contributed by atoms with Crippen LogP contribution in [0.1, 0.15) is 24.8 Å². The zero-order valence-electron chi connectivity index (χ0n) is 12.2. The van der Waals surface area contributed by atoms with E-state index in [9.17, 15) is 13.2 Å². The van der Waals surface area contributed by atoms with Crippen molar-refractivity contribution in [2.45, 2.75) is 43.2 Å². The van der Waals surface area contributed by atoms with Crippen molar-refractivity contribution in [2.75, 3.05) is 7.11 Å². The quantitative estimate of drug-likeness (QED) is 0.797. The number of nitrogens with zero attached hydrogens (tertiary/aromatic N) is 1. The lowest BCUT2D eigenvalue weighted by Gasteiger charge is -2.23. The monoisotopic (exact) mass is 309 g/mol. The second-order valence-electron chi connectivity index (χ2n) is 5.81. The number of carbonyl (C=O) groups is 1. The molecule has 0 spiro atoms. The molecule has 3 unspecified atom stereocenters. The highest BCUT2D eigenvalue weighted by atomic mass is 32.2. The maximum atomic E-state index is 12.8. The molecule has 2 bridgehead atoms. The summed E-state index contributed by atoms with van der Waals surface area (Å²) in [6.45, 7) is 1.92. The van der Waals surface area contributed by atoms with Gasteiger partial charge in [0, 0.05) is 12.1 Å². The third-order valence-corrected chi connectivity index (χ3v) is 6.57. The lowest BCUT2D eigenvalue weighted by molar-refractivity contribution is -0.146. The molecule has 0 N–H and O–H groups in total. The second-order valence-corrected chi connectivity index (χ2v) is 7.66. The van der Waals surface area contributed by atoms with Crippen LogP contribution in [0.2, 0.25) is 0 Å². The lowest BCUT2D eigenvalue weighted by Crippen LogP contribution is -2.38. The van der Waals surface area contributed by atoms with Crippen LogP contribution in [0.15, 0.2) is 29.2 Å². The molecule has 6 heteroatoms. The summed E-state index contributed by atoms with van der Waals surface area (Å²) < 4.78 is 32.0. The summed E-state index contributed by atoms with van der Waals surface area (Å²) in [5.41, 5.74) is 1.02. The van der Waals surface area contributed by atoms with Crippen molar-refractivity contribution in [3.8, 4) is 0 Å². The van der Waals surface area contributed by atoms with Crippen LogP contribution < -0.4 is 0 Å². The van der Waals surface area contributed by atoms with E-state index in [1.54, 1.807) is 28.6 Å². The minimum atomic E-state index is -3.54. The van der Waals surface area contributed by atoms with E-state index >= 15 is 0 Å². The molecule has 5 nitrogen and oxygen atoms in total. The highest BCUT2D eigenvalue weighted by molar-refractivity contribution is 7.89. The van der Waals surface area contributed by atoms with Crippen LogP contribution in [0.5, 0.6) is 0 Å². The number of carbonyl (C=O) groups excluding carboxylic acids is 1. The Balaban J connectivity index is 1.93. The molecule has 2 fully saturated rings. The zero-order valence-corrected chi connectivity index (χ0v) is 13.0. The molecule has 0 radical (unpaired) electrons. The molecule has 2 heterocycles. The lowest BCUT2D eigenvalue weighted by atomic mass is 9.89. The van der Waals surface area contributed by atoms with Crippen LogP contribution in [-0.2, 0) is 19.6 Å². The van der Waals surface area contributed by atoms with Gasteiger partial charge in [-0.05, 0) is 38.3 Å². The van der Waals surface area contributed by atoms with Gasteiger partial charge < -0.3 is 4.74 Å². The Kier molecular flexibility index (Phi) is 3.53. The van der Waals surface area contributed by atoms with Crippen molar-refractivity contribution in [3.05, 3.63) is 29.8 Å². The molecule has 2 aliphatic heterocycles. The third-order valence-electron chi connectivity index (χ3n) is 4.57. The average Bonchev–Trinajstić information content (AvgIpc) is 3.05. The van der Waals surface area contributed by atoms with Crippen molar-refractivity contribution in [3.63, 3.8) is 0 Å². The van der Waals surface area contributed by atoms with Crippen LogP contribution in [0.25, 0.3) is 0 Å². The van der Waals surface area contributed by atoms with Gasteiger partial charge in [0.2, 0.25) is 10.0 Å². The van der Waals surface area contributed by atoms with Crippen molar-refractivity contribution in [1.29, 1.82) is 0 Å². The molecule has 3 rings (SSSR count). The van der Waals surface area contributed by atoms with Crippen molar-refractivity contribution in [1.82, 2.24) is 4.31 Å². The number of hydrogen-bond acceptors (Lipinski definition) is 4. The summed E-state index contributed by atoms with van der Waals surface area (Å²) in [7, 11) is -2.19. The molecule has 1 aromatic carbocycles. The number of aryl methyl sites for hydroxylation is 1. The molecule has 0 aromatic heterocycles. The maximum absolute atomic E-state index is 12.8. The molecule has 2 saturated heterocycles. The van der Waals surface area contributed by atoms with Crippen LogP contribution in [0, 0.1) is 12.8 Å². The van der Waals surface area contributed by atoms with Gasteiger partial charge in [-0.3, -0.25) is 4.79 Å². The smallest absolute Gasteiger partial charge is 0.310 e. The number of esters is 1. The standard InChI is InChI=1S/C15H19NO4S/c1-10-3-6-12(7-4-10)21(18,19)16-11-5-8-14(16)13(9-11)15(17)20-2/h3-4,6-7,11,13-14H,5,8-9H2,1-2H3. The normalized spacial score (nSPS) is 28.8. The number of benzene rings is 1. The van der Waals surface area contributed by atoms with Gasteiger partial charge in [-0.15, -0.1) is 0 Å². The summed E-state index contributed by atoms with van der Waals surface area (Å²) in [6, 6.07) is 6.52. The van der Waals surface area contributed by atoms with Crippen LogP contribution >= 0.6 is 0 Å². The number of hydrogen-bond donors (Lipinski definition) is 0. The van der Waals surface area contributed by atoms with Gasteiger partial charge in [-0.2, -0.15) is 4.31 Å². The highest BCUT2D eigenvalue weighted by Gasteiger charge is 2.54. The van der Waals surface area contributed by atoms with E-state index in [4.69, 9.17) is 4.74 Å². The Bertz CT molecular complexity index is 653. The van der Waals surface area contributed by atoms with Gasteiger partial charge in [0.25, 0.3) is 0 Å². The van der Waals surface area contributed by atoms with Crippen LogP contribution in [0.4, 0.5) is 0 Å². The van der Waals surface area contributed by atoms with E-state index in [1.165, 1.54) is 7.11 Å². The highest BCUT2D eigenvalue weighted by Crippen LogP contribution is 2.45. The van der Waals surface area contributed by atoms with Gasteiger partial charge in [-0.25, -0.2) is 8.42 Å². The SMILES string of the molecule is COC(=O)C1CC2CCC1N2S(=O)(=O)c1ccc(C)cc1. The van der Waals surface area contributed by atoms with E-state index in [1.807, 2.05) is 6.92 Å². The van der Waals surface area contributed by atoms with E-state index in [2.05, 4.69) is 0 Å². The summed E-state index contributed by atoms with van der Waals surface area (Å²) >= 11 is 0. The molecule has 1 aromatic rings. The topological polar surface area (TPSA) is 63.7 Å². The average molecular weight is 309 g/mol. The first-order valence-electron chi connectivity index (χ1n) is 7.13. The van der Waals surface area contributed by atoms with E-state index < -0.39 is 10.0 Å². The van der Waals surface area contributed by atoms with E-state index in [0.29, 0.717) is 11.3 Å². The number of fused-ring (bicyclic) bond motifs is 2. The summed E-state index contributed by atoms with van der Waals surface area (Å²) in [5, 5.41) is 0. The molecular weight excluding hydrogens is 290 g/mol. The number of ether oxygens (including phenoxy) is 1. The van der Waals surface area contributed by atoms with Crippen molar-refractivity contribution < 1.29 is 17.9 Å². The van der Waals surface area contributed by atoms with Gasteiger partial charge >= 0.3 is 5.97 Å². The van der Waals surface area contributed by atoms with Crippen molar-refractivity contribution in [2.24, 2.45) is 5.92 Å². The second kappa shape index (κ2) is 5.10. The molecule has 2 aliphatic rings. The third kappa shape index (κ3) is 2.26. The molecule has 114 valence electrons. The predicted molar refractivity (Wildman–Crippen MR) is 77.1 cm³/mol.